The Morgan fingerprint density at radius 2 is 2.12 bits per heavy atom. The molecule has 0 radical (unpaired) electrons. The van der Waals surface area contributed by atoms with Gasteiger partial charge in [-0.05, 0) is 32.4 Å². The Kier molecular flexibility index (Phi) is 5.46. The molecule has 140 valence electrons. The molecule has 0 saturated carbocycles. The second-order valence-corrected chi connectivity index (χ2v) is 6.51. The molecule has 0 spiro atoms. The van der Waals surface area contributed by atoms with Gasteiger partial charge in [-0.1, -0.05) is 11.6 Å². The van der Waals surface area contributed by atoms with Crippen molar-refractivity contribution in [3.8, 4) is 11.5 Å². The van der Waals surface area contributed by atoms with Gasteiger partial charge in [0, 0.05) is 24.2 Å². The van der Waals surface area contributed by atoms with Gasteiger partial charge in [0.15, 0.2) is 0 Å². The molecule has 1 aromatic carbocycles. The van der Waals surface area contributed by atoms with Gasteiger partial charge >= 0.3 is 5.97 Å². The van der Waals surface area contributed by atoms with Crippen LogP contribution in [0.4, 0.5) is 0 Å². The van der Waals surface area contributed by atoms with Crippen LogP contribution < -0.4 is 9.47 Å². The third-order valence-electron chi connectivity index (χ3n) is 4.83. The Hall–Kier alpha value is -2.54. The number of aromatic nitrogens is 1. The molecule has 0 aliphatic carbocycles. The van der Waals surface area contributed by atoms with Gasteiger partial charge < -0.3 is 19.1 Å². The zero-order valence-electron chi connectivity index (χ0n) is 15.3. The highest BCUT2D eigenvalue weighted by Crippen LogP contribution is 2.36. The fraction of sp³-hybridized carbons (Fsp3) is 0.474. The highest BCUT2D eigenvalue weighted by atomic mass is 16.5. The highest BCUT2D eigenvalue weighted by molar-refractivity contribution is 5.91. The molecular weight excluding hydrogens is 336 g/mol. The highest BCUT2D eigenvalue weighted by Gasteiger charge is 2.29. The fourth-order valence-corrected chi connectivity index (χ4v) is 3.53. The first-order chi connectivity index (χ1) is 12.5. The number of carboxylic acids is 1. The van der Waals surface area contributed by atoms with Crippen LogP contribution in [0.2, 0.25) is 0 Å². The third kappa shape index (κ3) is 3.67. The van der Waals surface area contributed by atoms with Crippen molar-refractivity contribution in [2.24, 2.45) is 0 Å². The van der Waals surface area contributed by atoms with Crippen LogP contribution in [-0.2, 0) is 6.54 Å². The molecular formula is C19H24N2O5. The summed E-state index contributed by atoms with van der Waals surface area (Å²) in [4.78, 5) is 14.0. The van der Waals surface area contributed by atoms with Crippen molar-refractivity contribution in [2.45, 2.75) is 38.8 Å². The summed E-state index contributed by atoms with van der Waals surface area (Å²) in [7, 11) is 3.05. The molecule has 0 amide bonds. The Labute approximate surface area is 152 Å². The summed E-state index contributed by atoms with van der Waals surface area (Å²) in [5, 5.41) is 13.8. The van der Waals surface area contributed by atoms with Gasteiger partial charge in [0.05, 0.1) is 25.8 Å². The van der Waals surface area contributed by atoms with Crippen molar-refractivity contribution < 1.29 is 23.9 Å². The number of carbonyl (C=O) groups is 1. The molecule has 3 rings (SSSR count). The van der Waals surface area contributed by atoms with Gasteiger partial charge in [-0.25, -0.2) is 4.79 Å². The third-order valence-corrected chi connectivity index (χ3v) is 4.83. The molecule has 1 aliphatic rings. The van der Waals surface area contributed by atoms with Crippen LogP contribution in [-0.4, -0.2) is 41.9 Å². The second-order valence-electron chi connectivity index (χ2n) is 6.51. The summed E-state index contributed by atoms with van der Waals surface area (Å²) in [5.74, 6) is 0.759. The van der Waals surface area contributed by atoms with Crippen molar-refractivity contribution in [2.75, 3.05) is 20.8 Å². The standard InChI is InChI=1S/C19H24N2O5/c1-12-8-16(20-26-12)17-6-4-5-7-21(17)11-15-14(19(22)23)9-13(24-2)10-18(15)25-3/h8-10,17H,4-7,11H2,1-3H3,(H,22,23). The summed E-state index contributed by atoms with van der Waals surface area (Å²) in [6.45, 7) is 3.20. The van der Waals surface area contributed by atoms with E-state index in [1.165, 1.54) is 7.11 Å². The van der Waals surface area contributed by atoms with Gasteiger partial charge in [0.1, 0.15) is 23.0 Å². The average molecular weight is 360 g/mol. The lowest BCUT2D eigenvalue weighted by molar-refractivity contribution is 0.0690. The van der Waals surface area contributed by atoms with Crippen molar-refractivity contribution in [1.82, 2.24) is 10.1 Å². The van der Waals surface area contributed by atoms with Crippen molar-refractivity contribution in [3.05, 3.63) is 40.8 Å². The first-order valence-corrected chi connectivity index (χ1v) is 8.69. The maximum atomic E-state index is 11.8. The first kappa shape index (κ1) is 18.3. The molecule has 2 aromatic rings. The topological polar surface area (TPSA) is 85.0 Å². The van der Waals surface area contributed by atoms with Crippen LogP contribution in [0.1, 0.15) is 52.7 Å². The summed E-state index contributed by atoms with van der Waals surface area (Å²) >= 11 is 0. The molecule has 2 heterocycles. The molecule has 0 bridgehead atoms. The van der Waals surface area contributed by atoms with E-state index in [4.69, 9.17) is 14.0 Å². The lowest BCUT2D eigenvalue weighted by Gasteiger charge is -2.35. The van der Waals surface area contributed by atoms with E-state index in [1.54, 1.807) is 19.2 Å². The largest absolute Gasteiger partial charge is 0.497 e. The van der Waals surface area contributed by atoms with E-state index in [0.29, 0.717) is 23.6 Å². The number of benzene rings is 1. The minimum absolute atomic E-state index is 0.106. The number of rotatable bonds is 6. The number of hydrogen-bond acceptors (Lipinski definition) is 6. The summed E-state index contributed by atoms with van der Waals surface area (Å²) in [6, 6.07) is 5.32. The minimum atomic E-state index is -0.997. The molecule has 1 atom stereocenters. The summed E-state index contributed by atoms with van der Waals surface area (Å²) in [6.07, 6.45) is 3.14. The van der Waals surface area contributed by atoms with Crippen LogP contribution in [0, 0.1) is 6.92 Å². The zero-order valence-corrected chi connectivity index (χ0v) is 15.3. The van der Waals surface area contributed by atoms with Crippen LogP contribution in [0.3, 0.4) is 0 Å². The number of likely N-dealkylation sites (tertiary alicyclic amines) is 1. The van der Waals surface area contributed by atoms with Crippen molar-refractivity contribution in [1.29, 1.82) is 0 Å². The van der Waals surface area contributed by atoms with Crippen LogP contribution in [0.15, 0.2) is 22.7 Å². The van der Waals surface area contributed by atoms with E-state index < -0.39 is 5.97 Å². The molecule has 1 unspecified atom stereocenters. The molecule has 7 heteroatoms. The van der Waals surface area contributed by atoms with Gasteiger partial charge in [-0.3, -0.25) is 4.90 Å². The predicted molar refractivity (Wildman–Crippen MR) is 94.7 cm³/mol. The van der Waals surface area contributed by atoms with Crippen molar-refractivity contribution >= 4 is 5.97 Å². The molecule has 1 saturated heterocycles. The van der Waals surface area contributed by atoms with E-state index in [2.05, 4.69) is 10.1 Å². The number of piperidine rings is 1. The minimum Gasteiger partial charge on any atom is -0.497 e. The van der Waals surface area contributed by atoms with Crippen LogP contribution >= 0.6 is 0 Å². The van der Waals surface area contributed by atoms with Gasteiger partial charge in [0.2, 0.25) is 0 Å². The number of nitrogens with zero attached hydrogens (tertiary/aromatic N) is 2. The predicted octanol–water partition coefficient (Wildman–Crippen LogP) is 3.43. The quantitative estimate of drug-likeness (QED) is 0.845. The molecule has 1 aliphatic heterocycles. The van der Waals surface area contributed by atoms with E-state index in [9.17, 15) is 9.90 Å². The van der Waals surface area contributed by atoms with Crippen LogP contribution in [0.25, 0.3) is 0 Å². The molecule has 26 heavy (non-hydrogen) atoms. The van der Waals surface area contributed by atoms with Crippen LogP contribution in [0.5, 0.6) is 11.5 Å². The maximum absolute atomic E-state index is 11.8. The number of methoxy groups -OCH3 is 2. The van der Waals surface area contributed by atoms with E-state index in [-0.39, 0.29) is 11.6 Å². The second kappa shape index (κ2) is 7.78. The first-order valence-electron chi connectivity index (χ1n) is 8.69. The van der Waals surface area contributed by atoms with Gasteiger partial charge in [-0.15, -0.1) is 0 Å². The molecule has 1 aromatic heterocycles. The van der Waals surface area contributed by atoms with E-state index in [0.717, 1.165) is 37.3 Å². The number of aromatic carboxylic acids is 1. The maximum Gasteiger partial charge on any atom is 0.336 e. The van der Waals surface area contributed by atoms with Gasteiger partial charge in [-0.2, -0.15) is 0 Å². The van der Waals surface area contributed by atoms with E-state index in [1.807, 2.05) is 13.0 Å². The smallest absolute Gasteiger partial charge is 0.336 e. The Balaban J connectivity index is 1.96. The SMILES string of the molecule is COc1cc(OC)c(CN2CCCCC2c2cc(C)on2)c(C(=O)O)c1. The number of ether oxygens (including phenoxy) is 2. The Morgan fingerprint density at radius 3 is 2.73 bits per heavy atom. The Bertz CT molecular complexity index is 786. The number of aryl methyl sites for hydroxylation is 1. The fourth-order valence-electron chi connectivity index (χ4n) is 3.53. The number of hydrogen-bond donors (Lipinski definition) is 1. The lowest BCUT2D eigenvalue weighted by atomic mass is 9.97. The molecule has 1 N–H and O–H groups in total. The molecule has 7 nitrogen and oxygen atoms in total. The molecule has 1 fully saturated rings. The summed E-state index contributed by atoms with van der Waals surface area (Å²) < 4.78 is 15.9. The van der Waals surface area contributed by atoms with E-state index >= 15 is 0 Å². The monoisotopic (exact) mass is 360 g/mol. The lowest BCUT2D eigenvalue weighted by Crippen LogP contribution is -2.33. The normalized spacial score (nSPS) is 17.9. The zero-order chi connectivity index (χ0) is 18.7. The van der Waals surface area contributed by atoms with Crippen molar-refractivity contribution in [3.63, 3.8) is 0 Å². The number of carboxylic acid groups (broad SMARTS) is 1. The summed E-state index contributed by atoms with van der Waals surface area (Å²) in [5.41, 5.74) is 1.74. The van der Waals surface area contributed by atoms with Gasteiger partial charge in [0.25, 0.3) is 0 Å². The Morgan fingerprint density at radius 1 is 1.31 bits per heavy atom. The average Bonchev–Trinajstić information content (AvgIpc) is 3.08.